The number of piperazine rings is 1. The van der Waals surface area contributed by atoms with Crippen LogP contribution in [0.25, 0.3) is 22.3 Å². The Bertz CT molecular complexity index is 1240. The molecule has 3 aromatic carbocycles. The van der Waals surface area contributed by atoms with Crippen molar-refractivity contribution in [2.45, 2.75) is 0 Å². The molecule has 0 saturated carbocycles. The van der Waals surface area contributed by atoms with Crippen molar-refractivity contribution < 1.29 is 4.79 Å². The number of hydrogen-bond acceptors (Lipinski definition) is 4. The molecule has 1 fully saturated rings. The number of carbonyl (C=O) groups excluding carboxylic acids is 1. The van der Waals surface area contributed by atoms with Gasteiger partial charge >= 0.3 is 0 Å². The van der Waals surface area contributed by atoms with Crippen LogP contribution >= 0.6 is 15.9 Å². The average Bonchev–Trinajstić information content (AvgIpc) is 2.84. The fourth-order valence-electron chi connectivity index (χ4n) is 3.93. The molecule has 0 radical (unpaired) electrons. The first kappa shape index (κ1) is 19.7. The van der Waals surface area contributed by atoms with Crippen molar-refractivity contribution in [3.63, 3.8) is 0 Å². The van der Waals surface area contributed by atoms with Crippen LogP contribution in [0.5, 0.6) is 0 Å². The quantitative estimate of drug-likeness (QED) is 0.419. The lowest BCUT2D eigenvalue weighted by Crippen LogP contribution is -2.49. The number of aromatic nitrogens is 2. The van der Waals surface area contributed by atoms with E-state index in [9.17, 15) is 4.79 Å². The maximum Gasteiger partial charge on any atom is 0.255 e. The van der Waals surface area contributed by atoms with Gasteiger partial charge in [-0.25, -0.2) is 9.97 Å². The molecule has 4 aromatic rings. The van der Waals surface area contributed by atoms with Gasteiger partial charge in [-0.1, -0.05) is 54.6 Å². The third-order valence-corrected chi connectivity index (χ3v) is 6.26. The molecule has 6 heteroatoms. The van der Waals surface area contributed by atoms with Crippen LogP contribution in [0.3, 0.4) is 0 Å². The fourth-order valence-corrected chi connectivity index (χ4v) is 4.38. The molecule has 0 atom stereocenters. The van der Waals surface area contributed by atoms with Crippen molar-refractivity contribution in [3.8, 4) is 11.3 Å². The molecule has 1 saturated heterocycles. The molecule has 154 valence electrons. The Morgan fingerprint density at radius 3 is 2.06 bits per heavy atom. The van der Waals surface area contributed by atoms with Crippen molar-refractivity contribution in [1.29, 1.82) is 0 Å². The molecule has 0 unspecified atom stereocenters. The molecule has 31 heavy (non-hydrogen) atoms. The van der Waals surface area contributed by atoms with E-state index in [2.05, 4.69) is 33.0 Å². The molecule has 1 aliphatic rings. The largest absolute Gasteiger partial charge is 0.351 e. The average molecular weight is 473 g/mol. The van der Waals surface area contributed by atoms with E-state index in [-0.39, 0.29) is 5.91 Å². The summed E-state index contributed by atoms with van der Waals surface area (Å²) >= 11 is 3.49. The van der Waals surface area contributed by atoms with E-state index < -0.39 is 0 Å². The van der Waals surface area contributed by atoms with Gasteiger partial charge in [0, 0.05) is 36.2 Å². The molecular weight excluding hydrogens is 452 g/mol. The zero-order valence-electron chi connectivity index (χ0n) is 16.9. The Balaban J connectivity index is 1.44. The van der Waals surface area contributed by atoms with E-state index in [1.54, 1.807) is 0 Å². The summed E-state index contributed by atoms with van der Waals surface area (Å²) in [5, 5.41) is 0. The summed E-state index contributed by atoms with van der Waals surface area (Å²) in [6.45, 7) is 2.71. The molecule has 1 amide bonds. The number of fused-ring (bicyclic) bond motifs is 1. The van der Waals surface area contributed by atoms with Crippen LogP contribution in [0.2, 0.25) is 0 Å². The van der Waals surface area contributed by atoms with Gasteiger partial charge < -0.3 is 9.80 Å². The zero-order chi connectivity index (χ0) is 21.2. The fraction of sp³-hybridized carbons (Fsp3) is 0.160. The van der Waals surface area contributed by atoms with Gasteiger partial charge in [0.15, 0.2) is 5.82 Å². The Morgan fingerprint density at radius 1 is 0.742 bits per heavy atom. The lowest BCUT2D eigenvalue weighted by atomic mass is 10.1. The molecule has 5 nitrogen and oxygen atoms in total. The second kappa shape index (κ2) is 8.47. The third-order valence-electron chi connectivity index (χ3n) is 5.57. The Kier molecular flexibility index (Phi) is 5.38. The highest BCUT2D eigenvalue weighted by Crippen LogP contribution is 2.30. The SMILES string of the molecule is O=C(c1ccccc1Br)N1CCN(c2nc3ccccc3nc2-c2ccccc2)CC1. The van der Waals surface area contributed by atoms with E-state index in [0.717, 1.165) is 32.6 Å². The van der Waals surface area contributed by atoms with Gasteiger partial charge in [0.2, 0.25) is 0 Å². The van der Waals surface area contributed by atoms with Crippen LogP contribution < -0.4 is 4.90 Å². The van der Waals surface area contributed by atoms with Crippen LogP contribution in [0.4, 0.5) is 5.82 Å². The highest BCUT2D eigenvalue weighted by Gasteiger charge is 2.26. The number of para-hydroxylation sites is 2. The van der Waals surface area contributed by atoms with Crippen LogP contribution in [0.1, 0.15) is 10.4 Å². The number of rotatable bonds is 3. The lowest BCUT2D eigenvalue weighted by Gasteiger charge is -2.36. The van der Waals surface area contributed by atoms with E-state index in [0.29, 0.717) is 31.7 Å². The van der Waals surface area contributed by atoms with Gasteiger partial charge in [-0.3, -0.25) is 4.79 Å². The molecule has 0 aliphatic carbocycles. The summed E-state index contributed by atoms with van der Waals surface area (Å²) in [5.41, 5.74) is 4.38. The molecule has 0 N–H and O–H groups in total. The molecule has 5 rings (SSSR count). The van der Waals surface area contributed by atoms with Crippen molar-refractivity contribution in [2.24, 2.45) is 0 Å². The first-order valence-electron chi connectivity index (χ1n) is 10.3. The second-order valence-electron chi connectivity index (χ2n) is 7.51. The summed E-state index contributed by atoms with van der Waals surface area (Å²) in [5.74, 6) is 0.929. The molecule has 2 heterocycles. The number of hydrogen-bond donors (Lipinski definition) is 0. The van der Waals surface area contributed by atoms with Crippen molar-refractivity contribution >= 4 is 38.7 Å². The Hall–Kier alpha value is -3.25. The maximum absolute atomic E-state index is 13.0. The highest BCUT2D eigenvalue weighted by atomic mass is 79.9. The van der Waals surface area contributed by atoms with Crippen LogP contribution in [-0.2, 0) is 0 Å². The van der Waals surface area contributed by atoms with E-state index >= 15 is 0 Å². The van der Waals surface area contributed by atoms with Crippen LogP contribution in [-0.4, -0.2) is 47.0 Å². The smallest absolute Gasteiger partial charge is 0.255 e. The number of halogens is 1. The van der Waals surface area contributed by atoms with Gasteiger partial charge in [0.25, 0.3) is 5.91 Å². The topological polar surface area (TPSA) is 49.3 Å². The number of amides is 1. The Morgan fingerprint density at radius 2 is 1.35 bits per heavy atom. The molecule has 0 spiro atoms. The molecule has 1 aliphatic heterocycles. The predicted molar refractivity (Wildman–Crippen MR) is 127 cm³/mol. The van der Waals surface area contributed by atoms with E-state index in [4.69, 9.17) is 9.97 Å². The minimum absolute atomic E-state index is 0.0556. The number of benzene rings is 3. The number of carbonyl (C=O) groups is 1. The summed E-state index contributed by atoms with van der Waals surface area (Å²) < 4.78 is 0.828. The van der Waals surface area contributed by atoms with Gasteiger partial charge in [0.1, 0.15) is 5.69 Å². The van der Waals surface area contributed by atoms with Gasteiger partial charge in [-0.15, -0.1) is 0 Å². The maximum atomic E-state index is 13.0. The minimum Gasteiger partial charge on any atom is -0.351 e. The monoisotopic (exact) mass is 472 g/mol. The predicted octanol–water partition coefficient (Wildman–Crippen LogP) is 5.02. The normalized spacial score (nSPS) is 14.1. The first-order chi connectivity index (χ1) is 15.2. The van der Waals surface area contributed by atoms with Crippen molar-refractivity contribution in [2.75, 3.05) is 31.1 Å². The Labute approximate surface area is 189 Å². The van der Waals surface area contributed by atoms with Gasteiger partial charge in [-0.2, -0.15) is 0 Å². The second-order valence-corrected chi connectivity index (χ2v) is 8.36. The van der Waals surface area contributed by atoms with Gasteiger partial charge in [0.05, 0.1) is 16.6 Å². The number of nitrogens with zero attached hydrogens (tertiary/aromatic N) is 4. The molecular formula is C25H21BrN4O. The van der Waals surface area contributed by atoms with Crippen molar-refractivity contribution in [3.05, 3.63) is 88.9 Å². The van der Waals surface area contributed by atoms with Crippen LogP contribution in [0, 0.1) is 0 Å². The highest BCUT2D eigenvalue weighted by molar-refractivity contribution is 9.10. The number of anilines is 1. The standard InChI is InChI=1S/C25H21BrN4O/c26-20-11-5-4-10-19(20)25(31)30-16-14-29(15-17-30)24-23(18-8-2-1-3-9-18)27-21-12-6-7-13-22(21)28-24/h1-13H,14-17H2. The van der Waals surface area contributed by atoms with Gasteiger partial charge in [-0.05, 0) is 40.2 Å². The molecule has 1 aromatic heterocycles. The van der Waals surface area contributed by atoms with Crippen LogP contribution in [0.15, 0.2) is 83.3 Å². The minimum atomic E-state index is 0.0556. The van der Waals surface area contributed by atoms with E-state index in [1.165, 1.54) is 0 Å². The third kappa shape index (κ3) is 3.91. The lowest BCUT2D eigenvalue weighted by molar-refractivity contribution is 0.0745. The van der Waals surface area contributed by atoms with E-state index in [1.807, 2.05) is 71.6 Å². The van der Waals surface area contributed by atoms with Crippen molar-refractivity contribution in [1.82, 2.24) is 14.9 Å². The molecule has 0 bridgehead atoms. The first-order valence-corrected chi connectivity index (χ1v) is 11.1. The summed E-state index contributed by atoms with van der Waals surface area (Å²) in [6, 6.07) is 25.7. The summed E-state index contributed by atoms with van der Waals surface area (Å²) in [6.07, 6.45) is 0. The zero-order valence-corrected chi connectivity index (χ0v) is 18.5. The summed E-state index contributed by atoms with van der Waals surface area (Å²) in [7, 11) is 0. The summed E-state index contributed by atoms with van der Waals surface area (Å²) in [4.78, 5) is 27.0.